The monoisotopic (exact) mass is 237 g/mol. The number of aldehydes is 1. The molecule has 1 aliphatic rings. The largest absolute Gasteiger partial charge is 0.476 e. The smallest absolute Gasteiger partial charge is 0.357 e. The number of piperidine rings is 1. The van der Waals surface area contributed by atoms with E-state index >= 15 is 0 Å². The first-order valence-corrected chi connectivity index (χ1v) is 5.58. The Bertz CT molecular complexity index is 433. The second-order valence-electron chi connectivity index (χ2n) is 4.37. The van der Waals surface area contributed by atoms with Gasteiger partial charge in [-0.2, -0.15) is 5.10 Å². The average Bonchev–Trinajstić information content (AvgIpc) is 2.74. The molecule has 0 bridgehead atoms. The second kappa shape index (κ2) is 4.67. The molecule has 17 heavy (non-hydrogen) atoms. The zero-order valence-corrected chi connectivity index (χ0v) is 9.67. The Morgan fingerprint density at radius 2 is 2.18 bits per heavy atom. The van der Waals surface area contributed by atoms with Crippen LogP contribution in [-0.2, 0) is 0 Å². The molecule has 0 saturated carbocycles. The molecule has 1 saturated heterocycles. The van der Waals surface area contributed by atoms with E-state index in [1.54, 1.807) is 4.68 Å². The van der Waals surface area contributed by atoms with Gasteiger partial charge in [-0.15, -0.1) is 0 Å². The van der Waals surface area contributed by atoms with Gasteiger partial charge >= 0.3 is 5.97 Å². The molecule has 1 aromatic rings. The fourth-order valence-electron chi connectivity index (χ4n) is 2.10. The van der Waals surface area contributed by atoms with Gasteiger partial charge in [-0.1, -0.05) is 0 Å². The molecule has 1 fully saturated rings. The van der Waals surface area contributed by atoms with Crippen molar-refractivity contribution in [2.75, 3.05) is 20.1 Å². The highest BCUT2D eigenvalue weighted by Gasteiger charge is 2.22. The van der Waals surface area contributed by atoms with Gasteiger partial charge < -0.3 is 10.0 Å². The molecular formula is C11H15N3O3. The summed E-state index contributed by atoms with van der Waals surface area (Å²) in [5.74, 6) is -1.15. The van der Waals surface area contributed by atoms with E-state index in [1.165, 1.54) is 6.20 Å². The van der Waals surface area contributed by atoms with Crippen molar-refractivity contribution >= 4 is 12.3 Å². The maximum atomic E-state index is 10.9. The van der Waals surface area contributed by atoms with Crippen LogP contribution in [0.3, 0.4) is 0 Å². The van der Waals surface area contributed by atoms with Gasteiger partial charge in [0, 0.05) is 6.20 Å². The average molecular weight is 237 g/mol. The zero-order valence-electron chi connectivity index (χ0n) is 9.67. The van der Waals surface area contributed by atoms with Crippen molar-refractivity contribution in [2.24, 2.45) is 0 Å². The van der Waals surface area contributed by atoms with Crippen LogP contribution in [0, 0.1) is 0 Å². The summed E-state index contributed by atoms with van der Waals surface area (Å²) in [5, 5.41) is 12.9. The lowest BCUT2D eigenvalue weighted by atomic mass is 10.1. The van der Waals surface area contributed by atoms with Crippen LogP contribution in [0.2, 0.25) is 0 Å². The number of carboxylic acids is 1. The van der Waals surface area contributed by atoms with Crippen molar-refractivity contribution in [1.82, 2.24) is 14.7 Å². The number of likely N-dealkylation sites (tertiary alicyclic amines) is 1. The van der Waals surface area contributed by atoms with E-state index in [4.69, 9.17) is 5.11 Å². The summed E-state index contributed by atoms with van der Waals surface area (Å²) in [5.41, 5.74) is -0.00430. The minimum Gasteiger partial charge on any atom is -0.476 e. The molecule has 0 aromatic carbocycles. The van der Waals surface area contributed by atoms with E-state index < -0.39 is 5.97 Å². The summed E-state index contributed by atoms with van der Waals surface area (Å²) in [6.07, 6.45) is 3.93. The van der Waals surface area contributed by atoms with Gasteiger partial charge in [0.05, 0.1) is 11.6 Å². The summed E-state index contributed by atoms with van der Waals surface area (Å²) >= 11 is 0. The van der Waals surface area contributed by atoms with E-state index in [0.29, 0.717) is 6.29 Å². The summed E-state index contributed by atoms with van der Waals surface area (Å²) in [4.78, 5) is 23.9. The lowest BCUT2D eigenvalue weighted by Gasteiger charge is -2.28. The molecule has 1 N–H and O–H groups in total. The molecule has 0 radical (unpaired) electrons. The summed E-state index contributed by atoms with van der Waals surface area (Å²) in [7, 11) is 2.05. The molecule has 0 atom stereocenters. The molecule has 0 aliphatic carbocycles. The second-order valence-corrected chi connectivity index (χ2v) is 4.37. The van der Waals surface area contributed by atoms with Gasteiger partial charge in [0.2, 0.25) is 0 Å². The van der Waals surface area contributed by atoms with Crippen LogP contribution in [0.15, 0.2) is 6.20 Å². The number of aromatic nitrogens is 2. The molecule has 1 aromatic heterocycles. The SMILES string of the molecule is CN1CCC(n2cc(C=O)c(C(=O)O)n2)CC1. The maximum absolute atomic E-state index is 10.9. The molecule has 6 nitrogen and oxygen atoms in total. The van der Waals surface area contributed by atoms with E-state index in [-0.39, 0.29) is 17.3 Å². The molecule has 92 valence electrons. The van der Waals surface area contributed by atoms with Crippen LogP contribution in [-0.4, -0.2) is 52.2 Å². The number of carboxylic acid groups (broad SMARTS) is 1. The number of aromatic carboxylic acids is 1. The Balaban J connectivity index is 2.21. The van der Waals surface area contributed by atoms with Crippen molar-refractivity contribution in [1.29, 1.82) is 0 Å². The standard InChI is InChI=1S/C11H15N3O3/c1-13-4-2-9(3-5-13)14-6-8(7-15)10(12-14)11(16)17/h6-7,9H,2-5H2,1H3,(H,16,17). The van der Waals surface area contributed by atoms with Crippen molar-refractivity contribution < 1.29 is 14.7 Å². The third-order valence-electron chi connectivity index (χ3n) is 3.15. The molecule has 0 unspecified atom stereocenters. The first-order valence-electron chi connectivity index (χ1n) is 5.58. The van der Waals surface area contributed by atoms with E-state index in [2.05, 4.69) is 17.0 Å². The van der Waals surface area contributed by atoms with Gasteiger partial charge in [0.1, 0.15) is 0 Å². The first kappa shape index (κ1) is 11.8. The summed E-state index contributed by atoms with van der Waals surface area (Å²) in [6, 6.07) is 0.193. The molecule has 0 amide bonds. The highest BCUT2D eigenvalue weighted by molar-refractivity contribution is 5.95. The minimum absolute atomic E-state index is 0.149. The Kier molecular flexibility index (Phi) is 3.23. The first-order chi connectivity index (χ1) is 8.11. The topological polar surface area (TPSA) is 75.4 Å². The fourth-order valence-corrected chi connectivity index (χ4v) is 2.10. The van der Waals surface area contributed by atoms with Crippen LogP contribution >= 0.6 is 0 Å². The summed E-state index contributed by atoms with van der Waals surface area (Å²) in [6.45, 7) is 1.92. The van der Waals surface area contributed by atoms with Crippen LogP contribution in [0.4, 0.5) is 0 Å². The predicted molar refractivity (Wildman–Crippen MR) is 60.3 cm³/mol. The van der Waals surface area contributed by atoms with Crippen LogP contribution in [0.5, 0.6) is 0 Å². The molecule has 6 heteroatoms. The van der Waals surface area contributed by atoms with Gasteiger partial charge in [-0.3, -0.25) is 9.48 Å². The van der Waals surface area contributed by atoms with Gasteiger partial charge in [0.25, 0.3) is 0 Å². The number of carbonyl (C=O) groups excluding carboxylic acids is 1. The minimum atomic E-state index is -1.15. The lowest BCUT2D eigenvalue weighted by Crippen LogP contribution is -2.31. The van der Waals surface area contributed by atoms with Crippen LogP contribution < -0.4 is 0 Å². The zero-order chi connectivity index (χ0) is 12.4. The highest BCUT2D eigenvalue weighted by Crippen LogP contribution is 2.22. The number of nitrogens with zero attached hydrogens (tertiary/aromatic N) is 3. The van der Waals surface area contributed by atoms with Crippen LogP contribution in [0.25, 0.3) is 0 Å². The third kappa shape index (κ3) is 2.36. The number of carbonyl (C=O) groups is 2. The van der Waals surface area contributed by atoms with Crippen molar-refractivity contribution in [2.45, 2.75) is 18.9 Å². The lowest BCUT2D eigenvalue weighted by molar-refractivity contribution is 0.0686. The van der Waals surface area contributed by atoms with E-state index in [0.717, 1.165) is 25.9 Å². The molecule has 2 heterocycles. The van der Waals surface area contributed by atoms with Crippen molar-refractivity contribution in [3.63, 3.8) is 0 Å². The van der Waals surface area contributed by atoms with Crippen molar-refractivity contribution in [3.05, 3.63) is 17.5 Å². The Morgan fingerprint density at radius 3 is 2.65 bits per heavy atom. The van der Waals surface area contributed by atoms with Gasteiger partial charge in [0.15, 0.2) is 12.0 Å². The molecular weight excluding hydrogens is 222 g/mol. The van der Waals surface area contributed by atoms with Crippen LogP contribution in [0.1, 0.15) is 39.7 Å². The Morgan fingerprint density at radius 1 is 1.53 bits per heavy atom. The summed E-state index contributed by atoms with van der Waals surface area (Å²) < 4.78 is 1.63. The third-order valence-corrected chi connectivity index (χ3v) is 3.15. The molecule has 2 rings (SSSR count). The fraction of sp³-hybridized carbons (Fsp3) is 0.545. The highest BCUT2D eigenvalue weighted by atomic mass is 16.4. The quantitative estimate of drug-likeness (QED) is 0.781. The Hall–Kier alpha value is -1.69. The predicted octanol–water partition coefficient (Wildman–Crippen LogP) is 0.660. The number of hydrogen-bond donors (Lipinski definition) is 1. The number of rotatable bonds is 3. The molecule has 1 aliphatic heterocycles. The normalized spacial score (nSPS) is 18.2. The molecule has 0 spiro atoms. The maximum Gasteiger partial charge on any atom is 0.357 e. The van der Waals surface area contributed by atoms with E-state index in [1.807, 2.05) is 0 Å². The van der Waals surface area contributed by atoms with Crippen molar-refractivity contribution in [3.8, 4) is 0 Å². The van der Waals surface area contributed by atoms with Gasteiger partial charge in [-0.05, 0) is 33.0 Å². The van der Waals surface area contributed by atoms with E-state index in [9.17, 15) is 9.59 Å². The van der Waals surface area contributed by atoms with Gasteiger partial charge in [-0.25, -0.2) is 4.79 Å². The Labute approximate surface area is 98.8 Å². The number of hydrogen-bond acceptors (Lipinski definition) is 4.